The molecule has 0 atom stereocenters. The molecule has 6 nitrogen and oxygen atoms in total. The number of carbonyl (C=O) groups excluding carboxylic acids is 1. The molecule has 0 aliphatic rings. The van der Waals surface area contributed by atoms with Crippen LogP contribution in [-0.4, -0.2) is 20.6 Å². The molecule has 1 aromatic carbocycles. The first-order valence-electron chi connectivity index (χ1n) is 7.84. The summed E-state index contributed by atoms with van der Waals surface area (Å²) in [6, 6.07) is 6.87. The van der Waals surface area contributed by atoms with Crippen LogP contribution < -0.4 is 16.6 Å². The molecular formula is C17H23N3O3. The van der Waals surface area contributed by atoms with Gasteiger partial charge >= 0.3 is 5.69 Å². The monoisotopic (exact) mass is 317 g/mol. The average Bonchev–Trinajstić information content (AvgIpc) is 2.51. The maximum Gasteiger partial charge on any atom is 0.331 e. The molecule has 0 unspecified atom stereocenters. The largest absolute Gasteiger partial charge is 0.350 e. The first-order chi connectivity index (χ1) is 10.8. The van der Waals surface area contributed by atoms with Crippen LogP contribution in [0.2, 0.25) is 0 Å². The normalized spacial score (nSPS) is 11.7. The second-order valence-corrected chi connectivity index (χ2v) is 6.22. The van der Waals surface area contributed by atoms with Gasteiger partial charge in [0.05, 0.1) is 10.9 Å². The highest BCUT2D eigenvalue weighted by atomic mass is 16.2. The molecule has 124 valence electrons. The van der Waals surface area contributed by atoms with E-state index in [1.54, 1.807) is 31.2 Å². The number of carbonyl (C=O) groups is 1. The molecule has 1 N–H and O–H groups in total. The molecule has 0 aliphatic heterocycles. The van der Waals surface area contributed by atoms with Crippen molar-refractivity contribution < 1.29 is 4.79 Å². The first kappa shape index (κ1) is 17.0. The number of para-hydroxylation sites is 1. The van der Waals surface area contributed by atoms with E-state index in [9.17, 15) is 14.4 Å². The van der Waals surface area contributed by atoms with E-state index in [2.05, 4.69) is 5.32 Å². The number of nitrogens with one attached hydrogen (secondary N) is 1. The van der Waals surface area contributed by atoms with Crippen molar-refractivity contribution >= 4 is 16.8 Å². The molecule has 6 heteroatoms. The number of nitrogens with zero attached hydrogens (tertiary/aromatic N) is 2. The molecule has 2 rings (SSSR count). The third-order valence-corrected chi connectivity index (χ3v) is 4.11. The molecule has 1 aromatic heterocycles. The quantitative estimate of drug-likeness (QED) is 0.908. The number of rotatable bonds is 5. The summed E-state index contributed by atoms with van der Waals surface area (Å²) < 4.78 is 2.52. The van der Waals surface area contributed by atoms with Crippen LogP contribution in [0.3, 0.4) is 0 Å². The summed E-state index contributed by atoms with van der Waals surface area (Å²) >= 11 is 0. The molecule has 1 amide bonds. The lowest BCUT2D eigenvalue weighted by Gasteiger charge is -2.25. The van der Waals surface area contributed by atoms with Crippen molar-refractivity contribution in [2.24, 2.45) is 0 Å². The lowest BCUT2D eigenvalue weighted by Crippen LogP contribution is -2.47. The molecular weight excluding hydrogens is 294 g/mol. The van der Waals surface area contributed by atoms with Crippen molar-refractivity contribution in [2.45, 2.75) is 52.7 Å². The maximum atomic E-state index is 12.6. The molecule has 0 spiro atoms. The van der Waals surface area contributed by atoms with Crippen molar-refractivity contribution in [2.75, 3.05) is 0 Å². The van der Waals surface area contributed by atoms with Crippen LogP contribution in [0.15, 0.2) is 33.9 Å². The number of hydrogen-bond acceptors (Lipinski definition) is 3. The number of hydrogen-bond donors (Lipinski definition) is 1. The smallest absolute Gasteiger partial charge is 0.331 e. The van der Waals surface area contributed by atoms with Gasteiger partial charge in [0.1, 0.15) is 6.54 Å². The van der Waals surface area contributed by atoms with Crippen molar-refractivity contribution in [1.82, 2.24) is 14.5 Å². The van der Waals surface area contributed by atoms with E-state index in [0.717, 1.165) is 11.0 Å². The zero-order valence-electron chi connectivity index (χ0n) is 14.0. The fourth-order valence-electron chi connectivity index (χ4n) is 2.45. The summed E-state index contributed by atoms with van der Waals surface area (Å²) in [7, 11) is 0. The van der Waals surface area contributed by atoms with Crippen LogP contribution in [0.25, 0.3) is 10.9 Å². The molecule has 0 aliphatic carbocycles. The van der Waals surface area contributed by atoms with Gasteiger partial charge < -0.3 is 5.32 Å². The van der Waals surface area contributed by atoms with Crippen LogP contribution in [0, 0.1) is 0 Å². The fraction of sp³-hybridized carbons (Fsp3) is 0.471. The minimum atomic E-state index is -0.458. The Hall–Kier alpha value is -2.37. The van der Waals surface area contributed by atoms with Crippen LogP contribution >= 0.6 is 0 Å². The van der Waals surface area contributed by atoms with E-state index in [0.29, 0.717) is 10.9 Å². The second kappa shape index (κ2) is 6.40. The number of amides is 1. The Bertz CT molecular complexity index is 846. The van der Waals surface area contributed by atoms with Crippen LogP contribution in [0.1, 0.15) is 34.1 Å². The van der Waals surface area contributed by atoms with Gasteiger partial charge in [-0.25, -0.2) is 4.79 Å². The van der Waals surface area contributed by atoms with Gasteiger partial charge in [-0.2, -0.15) is 0 Å². The average molecular weight is 317 g/mol. The summed E-state index contributed by atoms with van der Waals surface area (Å²) in [5, 5.41) is 3.35. The lowest BCUT2D eigenvalue weighted by molar-refractivity contribution is -0.123. The highest BCUT2D eigenvalue weighted by Crippen LogP contribution is 2.09. The Balaban J connectivity index is 2.55. The minimum absolute atomic E-state index is 0.108. The molecule has 0 saturated heterocycles. The summed E-state index contributed by atoms with van der Waals surface area (Å²) in [6.45, 7) is 7.74. The van der Waals surface area contributed by atoms with E-state index >= 15 is 0 Å². The van der Waals surface area contributed by atoms with E-state index < -0.39 is 5.69 Å². The van der Waals surface area contributed by atoms with E-state index in [4.69, 9.17) is 0 Å². The van der Waals surface area contributed by atoms with Crippen LogP contribution in [0.5, 0.6) is 0 Å². The zero-order valence-corrected chi connectivity index (χ0v) is 14.0. The fourth-order valence-corrected chi connectivity index (χ4v) is 2.45. The van der Waals surface area contributed by atoms with Gasteiger partial charge in [-0.3, -0.25) is 18.7 Å². The van der Waals surface area contributed by atoms with Crippen molar-refractivity contribution in [3.8, 4) is 0 Å². The maximum absolute atomic E-state index is 12.6. The van der Waals surface area contributed by atoms with E-state index in [-0.39, 0.29) is 30.1 Å². The molecule has 2 aromatic rings. The molecule has 0 bridgehead atoms. The standard InChI is InChI=1S/C17H23N3O3/c1-5-17(3,4)18-14(21)11-20-13-10-8-7-9-12(13)15(22)19(6-2)16(20)23/h7-10H,5-6,11H2,1-4H3,(H,18,21). The number of benzene rings is 1. The Labute approximate surface area is 134 Å². The van der Waals surface area contributed by atoms with Crippen molar-refractivity contribution in [1.29, 1.82) is 0 Å². The predicted octanol–water partition coefficient (Wildman–Crippen LogP) is 1.49. The first-order valence-corrected chi connectivity index (χ1v) is 7.84. The molecule has 0 fully saturated rings. The Kier molecular flexibility index (Phi) is 4.73. The molecule has 0 radical (unpaired) electrons. The highest BCUT2D eigenvalue weighted by molar-refractivity contribution is 5.81. The molecule has 0 saturated carbocycles. The summed E-state index contributed by atoms with van der Waals surface area (Å²) in [4.78, 5) is 37.2. The van der Waals surface area contributed by atoms with Gasteiger partial charge in [-0.05, 0) is 39.3 Å². The number of fused-ring (bicyclic) bond motifs is 1. The third kappa shape index (κ3) is 3.36. The van der Waals surface area contributed by atoms with Gasteiger partial charge in [0.25, 0.3) is 5.56 Å². The molecule has 23 heavy (non-hydrogen) atoms. The summed E-state index contributed by atoms with van der Waals surface area (Å²) in [5.41, 5.74) is -0.633. The van der Waals surface area contributed by atoms with Crippen LogP contribution in [0.4, 0.5) is 0 Å². The number of aromatic nitrogens is 2. The van der Waals surface area contributed by atoms with Gasteiger partial charge in [0, 0.05) is 12.1 Å². The Morgan fingerprint density at radius 3 is 2.39 bits per heavy atom. The van der Waals surface area contributed by atoms with E-state index in [1.165, 1.54) is 4.57 Å². The Morgan fingerprint density at radius 1 is 1.13 bits per heavy atom. The minimum Gasteiger partial charge on any atom is -0.350 e. The SMILES string of the molecule is CCn1c(=O)c2ccccc2n(CC(=O)NC(C)(C)CC)c1=O. The highest BCUT2D eigenvalue weighted by Gasteiger charge is 2.20. The van der Waals surface area contributed by atoms with E-state index in [1.807, 2.05) is 20.8 Å². The van der Waals surface area contributed by atoms with Crippen LogP contribution in [-0.2, 0) is 17.9 Å². The lowest BCUT2D eigenvalue weighted by atomic mass is 10.0. The van der Waals surface area contributed by atoms with Crippen molar-refractivity contribution in [3.63, 3.8) is 0 Å². The third-order valence-electron chi connectivity index (χ3n) is 4.11. The Morgan fingerprint density at radius 2 is 1.78 bits per heavy atom. The van der Waals surface area contributed by atoms with Gasteiger partial charge in [0.15, 0.2) is 0 Å². The second-order valence-electron chi connectivity index (χ2n) is 6.22. The summed E-state index contributed by atoms with van der Waals surface area (Å²) in [5.74, 6) is -0.245. The van der Waals surface area contributed by atoms with Crippen molar-refractivity contribution in [3.05, 3.63) is 45.1 Å². The van der Waals surface area contributed by atoms with Gasteiger partial charge in [0.2, 0.25) is 5.91 Å². The topological polar surface area (TPSA) is 73.1 Å². The summed E-state index contributed by atoms with van der Waals surface area (Å²) in [6.07, 6.45) is 0.781. The molecule has 1 heterocycles. The van der Waals surface area contributed by atoms with Gasteiger partial charge in [-0.1, -0.05) is 19.1 Å². The zero-order chi connectivity index (χ0) is 17.2. The predicted molar refractivity (Wildman–Crippen MR) is 90.7 cm³/mol. The van der Waals surface area contributed by atoms with Gasteiger partial charge in [-0.15, -0.1) is 0 Å².